The fourth-order valence-electron chi connectivity index (χ4n) is 5.33. The summed E-state index contributed by atoms with van der Waals surface area (Å²) in [6, 6.07) is 7.98. The minimum absolute atomic E-state index is 0.223. The van der Waals surface area contributed by atoms with Crippen molar-refractivity contribution in [2.45, 2.75) is 25.7 Å². The highest BCUT2D eigenvalue weighted by Gasteiger charge is 2.35. The number of hydrogen-bond donors (Lipinski definition) is 1. The summed E-state index contributed by atoms with van der Waals surface area (Å²) >= 11 is 0. The number of methoxy groups -OCH3 is 1. The zero-order valence-electron chi connectivity index (χ0n) is 18.4. The van der Waals surface area contributed by atoms with Gasteiger partial charge >= 0.3 is 0 Å². The molecule has 8 heteroatoms. The highest BCUT2D eigenvalue weighted by atomic mass is 16.5. The molecule has 0 bridgehead atoms. The second-order valence-corrected chi connectivity index (χ2v) is 8.98. The van der Waals surface area contributed by atoms with Crippen molar-refractivity contribution < 1.29 is 9.53 Å². The van der Waals surface area contributed by atoms with Gasteiger partial charge in [0.15, 0.2) is 5.65 Å². The van der Waals surface area contributed by atoms with Crippen LogP contribution in [0.3, 0.4) is 0 Å². The van der Waals surface area contributed by atoms with Gasteiger partial charge in [-0.3, -0.25) is 4.79 Å². The van der Waals surface area contributed by atoms with Gasteiger partial charge in [-0.2, -0.15) is 9.61 Å². The molecule has 1 amide bonds. The van der Waals surface area contributed by atoms with Crippen molar-refractivity contribution in [1.82, 2.24) is 19.9 Å². The highest BCUT2D eigenvalue weighted by Crippen LogP contribution is 2.35. The van der Waals surface area contributed by atoms with Crippen molar-refractivity contribution in [1.29, 1.82) is 0 Å². The van der Waals surface area contributed by atoms with Crippen LogP contribution in [-0.4, -0.2) is 60.3 Å². The Hall–Kier alpha value is -3.13. The van der Waals surface area contributed by atoms with E-state index in [1.54, 1.807) is 7.11 Å². The minimum atomic E-state index is 0.223. The van der Waals surface area contributed by atoms with Gasteiger partial charge in [0.2, 0.25) is 5.91 Å². The molecule has 0 unspecified atom stereocenters. The van der Waals surface area contributed by atoms with Crippen molar-refractivity contribution in [3.8, 4) is 5.75 Å². The van der Waals surface area contributed by atoms with E-state index in [-0.39, 0.29) is 5.91 Å². The smallest absolute Gasteiger partial charge is 0.227 e. The zero-order valence-corrected chi connectivity index (χ0v) is 18.4. The lowest BCUT2D eigenvalue weighted by molar-refractivity contribution is -0.119. The molecule has 3 aliphatic heterocycles. The van der Waals surface area contributed by atoms with Gasteiger partial charge in [0.05, 0.1) is 19.0 Å². The monoisotopic (exact) mass is 432 g/mol. The summed E-state index contributed by atoms with van der Waals surface area (Å²) in [5.74, 6) is 2.61. The standard InChI is InChI=1S/C24H28N6O2/c1-32-18-2-3-21-17(13-18)7-11-29(21)23(31)12-16-14-28(15-16)24-19-4-8-25-9-5-20(19)27-22-6-10-26-30(22)24/h2-3,6,10,13,16,25H,4-5,7-9,11-12,14-15H2,1H3. The van der Waals surface area contributed by atoms with Crippen molar-refractivity contribution >= 4 is 23.1 Å². The molecule has 0 radical (unpaired) electrons. The van der Waals surface area contributed by atoms with E-state index in [4.69, 9.17) is 9.72 Å². The van der Waals surface area contributed by atoms with Crippen LogP contribution in [0.15, 0.2) is 30.5 Å². The lowest BCUT2D eigenvalue weighted by atomic mass is 9.94. The molecule has 1 fully saturated rings. The Morgan fingerprint density at radius 3 is 2.94 bits per heavy atom. The summed E-state index contributed by atoms with van der Waals surface area (Å²) < 4.78 is 7.31. The third-order valence-corrected chi connectivity index (χ3v) is 6.98. The molecule has 8 nitrogen and oxygen atoms in total. The van der Waals surface area contributed by atoms with Gasteiger partial charge in [0.1, 0.15) is 11.6 Å². The number of amides is 1. The fraction of sp³-hybridized carbons (Fsp3) is 0.458. The Morgan fingerprint density at radius 2 is 2.06 bits per heavy atom. The lowest BCUT2D eigenvalue weighted by Gasteiger charge is -2.42. The topological polar surface area (TPSA) is 75.0 Å². The molecule has 1 saturated heterocycles. The Morgan fingerprint density at radius 1 is 1.19 bits per heavy atom. The second-order valence-electron chi connectivity index (χ2n) is 8.98. The molecule has 166 valence electrons. The van der Waals surface area contributed by atoms with Crippen LogP contribution in [-0.2, 0) is 24.1 Å². The van der Waals surface area contributed by atoms with Crippen LogP contribution in [0.25, 0.3) is 5.65 Å². The van der Waals surface area contributed by atoms with E-state index in [0.717, 1.165) is 69.1 Å². The summed E-state index contributed by atoms with van der Waals surface area (Å²) in [5.41, 5.74) is 5.63. The largest absolute Gasteiger partial charge is 0.497 e. The second kappa shape index (κ2) is 7.78. The number of carbonyl (C=O) groups is 1. The first-order valence-corrected chi connectivity index (χ1v) is 11.5. The molecule has 3 aliphatic rings. The molecule has 6 rings (SSSR count). The number of hydrogen-bond acceptors (Lipinski definition) is 6. The molecule has 0 spiro atoms. The van der Waals surface area contributed by atoms with E-state index in [2.05, 4.69) is 15.3 Å². The molecule has 32 heavy (non-hydrogen) atoms. The van der Waals surface area contributed by atoms with Crippen LogP contribution < -0.4 is 19.9 Å². The number of carbonyl (C=O) groups excluding carboxylic acids is 1. The van der Waals surface area contributed by atoms with Crippen LogP contribution in [0.2, 0.25) is 0 Å². The summed E-state index contributed by atoms with van der Waals surface area (Å²) in [5, 5.41) is 8.03. The number of fused-ring (bicyclic) bond motifs is 3. The van der Waals surface area contributed by atoms with Crippen LogP contribution in [0, 0.1) is 5.92 Å². The summed E-state index contributed by atoms with van der Waals surface area (Å²) in [7, 11) is 1.68. The van der Waals surface area contributed by atoms with Gasteiger partial charge in [-0.15, -0.1) is 0 Å². The average molecular weight is 433 g/mol. The van der Waals surface area contributed by atoms with Gasteiger partial charge < -0.3 is 19.9 Å². The number of rotatable bonds is 4. The van der Waals surface area contributed by atoms with E-state index in [0.29, 0.717) is 12.3 Å². The van der Waals surface area contributed by atoms with E-state index in [1.807, 2.05) is 39.9 Å². The predicted octanol–water partition coefficient (Wildman–Crippen LogP) is 1.84. The molecule has 0 saturated carbocycles. The van der Waals surface area contributed by atoms with Gasteiger partial charge in [0.25, 0.3) is 0 Å². The summed E-state index contributed by atoms with van der Waals surface area (Å²) in [4.78, 5) is 22.3. The first-order chi connectivity index (χ1) is 15.7. The number of ether oxygens (including phenoxy) is 1. The van der Waals surface area contributed by atoms with Crippen molar-refractivity contribution in [2.75, 3.05) is 49.6 Å². The summed E-state index contributed by atoms with van der Waals surface area (Å²) in [6.45, 7) is 4.45. The fourth-order valence-corrected chi connectivity index (χ4v) is 5.33. The third-order valence-electron chi connectivity index (χ3n) is 6.98. The van der Waals surface area contributed by atoms with Crippen LogP contribution >= 0.6 is 0 Å². The Bertz CT molecular complexity index is 1180. The van der Waals surface area contributed by atoms with Crippen molar-refractivity contribution in [3.63, 3.8) is 0 Å². The van der Waals surface area contributed by atoms with E-state index < -0.39 is 0 Å². The number of nitrogens with one attached hydrogen (secondary N) is 1. The van der Waals surface area contributed by atoms with E-state index in [9.17, 15) is 4.79 Å². The molecular weight excluding hydrogens is 404 g/mol. The average Bonchev–Trinajstić information content (AvgIpc) is 3.35. The van der Waals surface area contributed by atoms with Crippen LogP contribution in [0.4, 0.5) is 11.5 Å². The molecular formula is C24H28N6O2. The molecule has 3 aromatic rings. The van der Waals surface area contributed by atoms with E-state index >= 15 is 0 Å². The Labute approximate surface area is 187 Å². The number of benzene rings is 1. The lowest BCUT2D eigenvalue weighted by Crippen LogP contribution is -2.50. The first kappa shape index (κ1) is 19.5. The Balaban J connectivity index is 1.18. The predicted molar refractivity (Wildman–Crippen MR) is 123 cm³/mol. The van der Waals surface area contributed by atoms with Gasteiger partial charge in [-0.25, -0.2) is 4.98 Å². The maximum Gasteiger partial charge on any atom is 0.227 e. The number of nitrogens with zero attached hydrogens (tertiary/aromatic N) is 5. The zero-order chi connectivity index (χ0) is 21.7. The molecule has 5 heterocycles. The van der Waals surface area contributed by atoms with Gasteiger partial charge in [-0.05, 0) is 43.1 Å². The minimum Gasteiger partial charge on any atom is -0.497 e. The molecule has 1 aromatic carbocycles. The van der Waals surface area contributed by atoms with Crippen LogP contribution in [0.5, 0.6) is 5.75 Å². The van der Waals surface area contributed by atoms with Crippen molar-refractivity contribution in [2.24, 2.45) is 5.92 Å². The maximum absolute atomic E-state index is 13.1. The van der Waals surface area contributed by atoms with Gasteiger partial charge in [-0.1, -0.05) is 0 Å². The van der Waals surface area contributed by atoms with E-state index in [1.165, 1.54) is 22.6 Å². The molecule has 1 N–H and O–H groups in total. The number of aromatic nitrogens is 3. The third kappa shape index (κ3) is 3.21. The highest BCUT2D eigenvalue weighted by molar-refractivity contribution is 5.96. The van der Waals surface area contributed by atoms with Crippen molar-refractivity contribution in [3.05, 3.63) is 47.3 Å². The Kier molecular flexibility index (Phi) is 4.75. The van der Waals surface area contributed by atoms with Crippen LogP contribution in [0.1, 0.15) is 23.2 Å². The maximum atomic E-state index is 13.1. The summed E-state index contributed by atoms with van der Waals surface area (Å²) in [6.07, 6.45) is 5.20. The quantitative estimate of drug-likeness (QED) is 0.678. The SMILES string of the molecule is COc1ccc2c(c1)CCN2C(=O)CC1CN(c2c3c(nc4ccnn24)CCNCC3)C1. The number of anilines is 2. The normalized spacial score (nSPS) is 18.3. The molecule has 0 atom stereocenters. The molecule has 2 aromatic heterocycles. The molecule has 0 aliphatic carbocycles. The first-order valence-electron chi connectivity index (χ1n) is 11.5. The van der Waals surface area contributed by atoms with Gasteiger partial charge in [0, 0.05) is 62.3 Å².